The van der Waals surface area contributed by atoms with E-state index < -0.39 is 17.4 Å². The number of nitrogens with zero attached hydrogens (tertiary/aromatic N) is 4. The standard InChI is InChI=1S/C9H3Cl2F3N4/c10-7-16-6(17-8(11)18-7)5-4(9(12,13)14)2-1-3-15-5/h1-3H. The van der Waals surface area contributed by atoms with E-state index in [0.717, 1.165) is 12.1 Å². The number of alkyl halides is 3. The molecule has 2 aromatic heterocycles. The van der Waals surface area contributed by atoms with E-state index in [1.54, 1.807) is 0 Å². The van der Waals surface area contributed by atoms with Crippen LogP contribution >= 0.6 is 23.2 Å². The number of halogens is 5. The van der Waals surface area contributed by atoms with Crippen LogP contribution in [-0.2, 0) is 6.18 Å². The molecule has 0 radical (unpaired) electrons. The van der Waals surface area contributed by atoms with Crippen LogP contribution in [0.3, 0.4) is 0 Å². The number of hydrogen-bond donors (Lipinski definition) is 0. The third kappa shape index (κ3) is 2.68. The average Bonchev–Trinajstić information content (AvgIpc) is 2.26. The Morgan fingerprint density at radius 1 is 1.00 bits per heavy atom. The quantitative estimate of drug-likeness (QED) is 0.810. The third-order valence-electron chi connectivity index (χ3n) is 1.91. The van der Waals surface area contributed by atoms with Crippen LogP contribution in [0.4, 0.5) is 13.2 Å². The lowest BCUT2D eigenvalue weighted by Crippen LogP contribution is -2.09. The normalized spacial score (nSPS) is 11.6. The van der Waals surface area contributed by atoms with Gasteiger partial charge in [0.25, 0.3) is 0 Å². The average molecular weight is 295 g/mol. The molecular weight excluding hydrogens is 292 g/mol. The van der Waals surface area contributed by atoms with Crippen molar-refractivity contribution in [1.29, 1.82) is 0 Å². The van der Waals surface area contributed by atoms with E-state index >= 15 is 0 Å². The highest BCUT2D eigenvalue weighted by Gasteiger charge is 2.35. The van der Waals surface area contributed by atoms with E-state index in [9.17, 15) is 13.2 Å². The van der Waals surface area contributed by atoms with Crippen LogP contribution in [0.5, 0.6) is 0 Å². The Balaban J connectivity index is 2.64. The van der Waals surface area contributed by atoms with Crippen molar-refractivity contribution in [3.63, 3.8) is 0 Å². The summed E-state index contributed by atoms with van der Waals surface area (Å²) in [6, 6.07) is 2.03. The second-order valence-electron chi connectivity index (χ2n) is 3.09. The Kier molecular flexibility index (Phi) is 3.36. The van der Waals surface area contributed by atoms with Gasteiger partial charge in [0.15, 0.2) is 5.82 Å². The summed E-state index contributed by atoms with van der Waals surface area (Å²) in [4.78, 5) is 14.2. The molecule has 0 saturated carbocycles. The molecule has 2 aromatic rings. The minimum Gasteiger partial charge on any atom is -0.252 e. The molecule has 0 aromatic carbocycles. The molecule has 0 atom stereocenters. The monoisotopic (exact) mass is 294 g/mol. The zero-order chi connectivity index (χ0) is 13.3. The molecule has 0 aliphatic heterocycles. The van der Waals surface area contributed by atoms with Crippen molar-refractivity contribution in [3.8, 4) is 11.5 Å². The van der Waals surface area contributed by atoms with Gasteiger partial charge in [-0.1, -0.05) is 0 Å². The van der Waals surface area contributed by atoms with E-state index in [4.69, 9.17) is 23.2 Å². The van der Waals surface area contributed by atoms with Crippen molar-refractivity contribution >= 4 is 23.2 Å². The van der Waals surface area contributed by atoms with E-state index in [0.29, 0.717) is 0 Å². The molecule has 0 amide bonds. The van der Waals surface area contributed by atoms with Crippen molar-refractivity contribution in [1.82, 2.24) is 19.9 Å². The summed E-state index contributed by atoms with van der Waals surface area (Å²) in [5.74, 6) is -0.326. The van der Waals surface area contributed by atoms with Gasteiger partial charge in [0.1, 0.15) is 5.69 Å². The van der Waals surface area contributed by atoms with Crippen LogP contribution in [0.2, 0.25) is 10.6 Å². The van der Waals surface area contributed by atoms with Gasteiger partial charge in [0.2, 0.25) is 10.6 Å². The van der Waals surface area contributed by atoms with Gasteiger partial charge in [-0.15, -0.1) is 0 Å². The molecule has 0 bridgehead atoms. The maximum absolute atomic E-state index is 12.8. The van der Waals surface area contributed by atoms with Gasteiger partial charge in [-0.25, -0.2) is 0 Å². The maximum Gasteiger partial charge on any atom is 0.418 e. The minimum atomic E-state index is -4.57. The van der Waals surface area contributed by atoms with E-state index in [2.05, 4.69) is 19.9 Å². The van der Waals surface area contributed by atoms with Crippen LogP contribution in [0.1, 0.15) is 5.56 Å². The Labute approximate surface area is 109 Å². The predicted octanol–water partition coefficient (Wildman–Crippen LogP) is 3.26. The second-order valence-corrected chi connectivity index (χ2v) is 3.77. The minimum absolute atomic E-state index is 0.302. The van der Waals surface area contributed by atoms with Crippen LogP contribution in [0.25, 0.3) is 11.5 Å². The fourth-order valence-corrected chi connectivity index (χ4v) is 1.61. The highest BCUT2D eigenvalue weighted by Crippen LogP contribution is 2.34. The first-order valence-corrected chi connectivity index (χ1v) is 5.23. The molecule has 18 heavy (non-hydrogen) atoms. The number of rotatable bonds is 1. The van der Waals surface area contributed by atoms with Crippen molar-refractivity contribution < 1.29 is 13.2 Å². The molecule has 9 heteroatoms. The summed E-state index contributed by atoms with van der Waals surface area (Å²) in [5, 5.41) is -0.604. The number of aromatic nitrogens is 4. The molecule has 0 aliphatic rings. The largest absolute Gasteiger partial charge is 0.418 e. The third-order valence-corrected chi connectivity index (χ3v) is 2.24. The zero-order valence-electron chi connectivity index (χ0n) is 8.41. The van der Waals surface area contributed by atoms with E-state index in [1.165, 1.54) is 6.20 Å². The molecule has 0 aliphatic carbocycles. The summed E-state index contributed by atoms with van der Waals surface area (Å²) in [7, 11) is 0. The molecule has 2 heterocycles. The zero-order valence-corrected chi connectivity index (χ0v) is 9.92. The Morgan fingerprint density at radius 3 is 2.17 bits per heavy atom. The number of pyridine rings is 1. The van der Waals surface area contributed by atoms with Gasteiger partial charge in [-0.3, -0.25) is 4.98 Å². The summed E-state index contributed by atoms with van der Waals surface area (Å²) < 4.78 is 38.3. The molecule has 0 unspecified atom stereocenters. The topological polar surface area (TPSA) is 51.6 Å². The summed E-state index contributed by atoms with van der Waals surface area (Å²) in [5.41, 5.74) is -1.42. The molecule has 0 saturated heterocycles. The van der Waals surface area contributed by atoms with Gasteiger partial charge >= 0.3 is 6.18 Å². The van der Waals surface area contributed by atoms with Gasteiger partial charge in [0.05, 0.1) is 5.56 Å². The molecule has 0 fully saturated rings. The summed E-state index contributed by atoms with van der Waals surface area (Å²) in [6.07, 6.45) is -3.38. The van der Waals surface area contributed by atoms with E-state index in [-0.39, 0.29) is 16.4 Å². The lowest BCUT2D eigenvalue weighted by Gasteiger charge is -2.10. The van der Waals surface area contributed by atoms with Gasteiger partial charge in [-0.2, -0.15) is 28.1 Å². The van der Waals surface area contributed by atoms with Crippen molar-refractivity contribution in [2.75, 3.05) is 0 Å². The Morgan fingerprint density at radius 2 is 1.61 bits per heavy atom. The highest BCUT2D eigenvalue weighted by molar-refractivity contribution is 6.31. The fraction of sp³-hybridized carbons (Fsp3) is 0.111. The van der Waals surface area contributed by atoms with Gasteiger partial charge < -0.3 is 0 Å². The highest BCUT2D eigenvalue weighted by atomic mass is 35.5. The first-order chi connectivity index (χ1) is 8.38. The first-order valence-electron chi connectivity index (χ1n) is 4.47. The predicted molar refractivity (Wildman–Crippen MR) is 58.1 cm³/mol. The summed E-state index contributed by atoms with van der Waals surface area (Å²) in [6.45, 7) is 0. The van der Waals surface area contributed by atoms with Crippen molar-refractivity contribution in [3.05, 3.63) is 34.5 Å². The van der Waals surface area contributed by atoms with Crippen LogP contribution in [0, 0.1) is 0 Å². The molecule has 4 nitrogen and oxygen atoms in total. The van der Waals surface area contributed by atoms with E-state index in [1.807, 2.05) is 0 Å². The van der Waals surface area contributed by atoms with Crippen LogP contribution < -0.4 is 0 Å². The fourth-order valence-electron chi connectivity index (χ4n) is 1.24. The van der Waals surface area contributed by atoms with Crippen LogP contribution in [0.15, 0.2) is 18.3 Å². The van der Waals surface area contributed by atoms with Crippen molar-refractivity contribution in [2.24, 2.45) is 0 Å². The van der Waals surface area contributed by atoms with Gasteiger partial charge in [-0.05, 0) is 35.3 Å². The second kappa shape index (κ2) is 4.66. The Bertz CT molecular complexity index is 568. The lowest BCUT2D eigenvalue weighted by atomic mass is 10.2. The number of hydrogen-bond acceptors (Lipinski definition) is 4. The van der Waals surface area contributed by atoms with Crippen molar-refractivity contribution in [2.45, 2.75) is 6.18 Å². The molecule has 94 valence electrons. The molecule has 0 spiro atoms. The smallest absolute Gasteiger partial charge is 0.252 e. The molecular formula is C9H3Cl2F3N4. The molecule has 0 N–H and O–H groups in total. The van der Waals surface area contributed by atoms with Crippen LogP contribution in [-0.4, -0.2) is 19.9 Å². The first kappa shape index (κ1) is 13.0. The SMILES string of the molecule is FC(F)(F)c1cccnc1-c1nc(Cl)nc(Cl)n1. The summed E-state index contributed by atoms with van der Waals surface area (Å²) >= 11 is 11.0. The van der Waals surface area contributed by atoms with Gasteiger partial charge in [0, 0.05) is 6.20 Å². The lowest BCUT2D eigenvalue weighted by molar-refractivity contribution is -0.137. The Hall–Kier alpha value is -1.47. The molecule has 2 rings (SSSR count). The maximum atomic E-state index is 12.8.